The first-order chi connectivity index (χ1) is 9.61. The van der Waals surface area contributed by atoms with Crippen LogP contribution in [0.15, 0.2) is 18.2 Å². The minimum absolute atomic E-state index is 0.0355. The Balaban J connectivity index is 1.97. The Morgan fingerprint density at radius 2 is 2.20 bits per heavy atom. The minimum atomic E-state index is -0.0355. The lowest BCUT2D eigenvalue weighted by molar-refractivity contribution is 0.0963. The predicted molar refractivity (Wildman–Crippen MR) is 83.3 cm³/mol. The standard InChI is InChI=1S/C16H25N3O/c1-12-10-13(16(20)17-2)7-8-15(12)18-11-14-6-4-5-9-19(14)3/h7-8,10,14,18H,4-6,9,11H2,1-3H3,(H,17,20). The molecule has 1 aromatic rings. The number of hydrogen-bond acceptors (Lipinski definition) is 3. The van der Waals surface area contributed by atoms with E-state index in [-0.39, 0.29) is 5.91 Å². The number of benzene rings is 1. The fraction of sp³-hybridized carbons (Fsp3) is 0.562. The van der Waals surface area contributed by atoms with Crippen LogP contribution in [0.25, 0.3) is 0 Å². The van der Waals surface area contributed by atoms with Gasteiger partial charge in [0.1, 0.15) is 0 Å². The van der Waals surface area contributed by atoms with Gasteiger partial charge in [0.15, 0.2) is 0 Å². The van der Waals surface area contributed by atoms with Crippen LogP contribution in [0.2, 0.25) is 0 Å². The van der Waals surface area contributed by atoms with Crippen LogP contribution in [0, 0.1) is 6.92 Å². The van der Waals surface area contributed by atoms with Gasteiger partial charge < -0.3 is 15.5 Å². The molecule has 1 saturated heterocycles. The summed E-state index contributed by atoms with van der Waals surface area (Å²) in [5, 5.41) is 6.18. The van der Waals surface area contributed by atoms with Crippen molar-refractivity contribution in [3.05, 3.63) is 29.3 Å². The molecule has 0 bridgehead atoms. The lowest BCUT2D eigenvalue weighted by Crippen LogP contribution is -2.40. The van der Waals surface area contributed by atoms with E-state index in [9.17, 15) is 4.79 Å². The first-order valence-electron chi connectivity index (χ1n) is 7.38. The van der Waals surface area contributed by atoms with Gasteiger partial charge in [-0.15, -0.1) is 0 Å². The van der Waals surface area contributed by atoms with Gasteiger partial charge in [0.05, 0.1) is 0 Å². The molecule has 2 N–H and O–H groups in total. The van der Waals surface area contributed by atoms with Crippen LogP contribution in [-0.2, 0) is 0 Å². The molecule has 1 atom stereocenters. The lowest BCUT2D eigenvalue weighted by Gasteiger charge is -2.33. The number of likely N-dealkylation sites (tertiary alicyclic amines) is 1. The van der Waals surface area contributed by atoms with Crippen LogP contribution in [0.5, 0.6) is 0 Å². The summed E-state index contributed by atoms with van der Waals surface area (Å²) in [6.07, 6.45) is 3.90. The van der Waals surface area contributed by atoms with Crippen LogP contribution in [0.1, 0.15) is 35.2 Å². The third-order valence-electron chi connectivity index (χ3n) is 4.17. The molecule has 1 unspecified atom stereocenters. The summed E-state index contributed by atoms with van der Waals surface area (Å²) in [5.74, 6) is -0.0355. The van der Waals surface area contributed by atoms with Gasteiger partial charge in [-0.25, -0.2) is 0 Å². The number of likely N-dealkylation sites (N-methyl/N-ethyl adjacent to an activating group) is 1. The summed E-state index contributed by atoms with van der Waals surface area (Å²) >= 11 is 0. The molecule has 20 heavy (non-hydrogen) atoms. The average molecular weight is 275 g/mol. The summed E-state index contributed by atoms with van der Waals surface area (Å²) < 4.78 is 0. The smallest absolute Gasteiger partial charge is 0.251 e. The van der Waals surface area contributed by atoms with Gasteiger partial charge in [-0.05, 0) is 57.1 Å². The molecule has 1 aliphatic rings. The van der Waals surface area contributed by atoms with Crippen LogP contribution >= 0.6 is 0 Å². The number of rotatable bonds is 4. The topological polar surface area (TPSA) is 44.4 Å². The molecule has 0 aliphatic carbocycles. The van der Waals surface area contributed by atoms with Gasteiger partial charge in [-0.2, -0.15) is 0 Å². The number of piperidine rings is 1. The van der Waals surface area contributed by atoms with Crippen molar-refractivity contribution in [1.29, 1.82) is 0 Å². The van der Waals surface area contributed by atoms with Crippen molar-refractivity contribution in [2.45, 2.75) is 32.2 Å². The second kappa shape index (κ2) is 6.75. The van der Waals surface area contributed by atoms with E-state index in [1.807, 2.05) is 25.1 Å². The van der Waals surface area contributed by atoms with Gasteiger partial charge in [0, 0.05) is 30.9 Å². The highest BCUT2D eigenvalue weighted by Gasteiger charge is 2.18. The molecule has 110 valence electrons. The molecule has 1 aromatic carbocycles. The van der Waals surface area contributed by atoms with Crippen molar-refractivity contribution in [3.8, 4) is 0 Å². The summed E-state index contributed by atoms with van der Waals surface area (Å²) in [7, 11) is 3.86. The number of nitrogens with zero attached hydrogens (tertiary/aromatic N) is 1. The maximum atomic E-state index is 11.6. The molecular weight excluding hydrogens is 250 g/mol. The molecule has 1 amide bonds. The molecule has 1 heterocycles. The van der Waals surface area contributed by atoms with E-state index < -0.39 is 0 Å². The highest BCUT2D eigenvalue weighted by Crippen LogP contribution is 2.19. The third kappa shape index (κ3) is 3.51. The highest BCUT2D eigenvalue weighted by atomic mass is 16.1. The molecule has 0 spiro atoms. The number of carbonyl (C=O) groups is 1. The van der Waals surface area contributed by atoms with Crippen molar-refractivity contribution in [3.63, 3.8) is 0 Å². The second-order valence-electron chi connectivity index (χ2n) is 5.62. The summed E-state index contributed by atoms with van der Waals surface area (Å²) in [4.78, 5) is 14.0. The van der Waals surface area contributed by atoms with E-state index in [1.54, 1.807) is 7.05 Å². The predicted octanol–water partition coefficient (Wildman–Crippen LogP) is 2.25. The minimum Gasteiger partial charge on any atom is -0.383 e. The van der Waals surface area contributed by atoms with Gasteiger partial charge in [-0.1, -0.05) is 6.42 Å². The Morgan fingerprint density at radius 3 is 2.85 bits per heavy atom. The molecule has 0 radical (unpaired) electrons. The van der Waals surface area contributed by atoms with E-state index >= 15 is 0 Å². The van der Waals surface area contributed by atoms with E-state index in [4.69, 9.17) is 0 Å². The maximum Gasteiger partial charge on any atom is 0.251 e. The van der Waals surface area contributed by atoms with E-state index in [2.05, 4.69) is 22.6 Å². The fourth-order valence-corrected chi connectivity index (χ4v) is 2.78. The number of hydrogen-bond donors (Lipinski definition) is 2. The Labute approximate surface area is 121 Å². The Bertz CT molecular complexity index is 473. The summed E-state index contributed by atoms with van der Waals surface area (Å²) in [6, 6.07) is 6.43. The van der Waals surface area contributed by atoms with Crippen LogP contribution in [0.4, 0.5) is 5.69 Å². The normalized spacial score (nSPS) is 19.6. The third-order valence-corrected chi connectivity index (χ3v) is 4.17. The molecule has 0 saturated carbocycles. The zero-order valence-corrected chi connectivity index (χ0v) is 12.7. The van der Waals surface area contributed by atoms with Gasteiger partial charge in [0.25, 0.3) is 5.91 Å². The first kappa shape index (κ1) is 14.9. The molecule has 1 aliphatic heterocycles. The molecule has 4 nitrogen and oxygen atoms in total. The van der Waals surface area contributed by atoms with Crippen molar-refractivity contribution >= 4 is 11.6 Å². The monoisotopic (exact) mass is 275 g/mol. The molecule has 4 heteroatoms. The Kier molecular flexibility index (Phi) is 5.01. The summed E-state index contributed by atoms with van der Waals surface area (Å²) in [6.45, 7) is 4.21. The fourth-order valence-electron chi connectivity index (χ4n) is 2.78. The zero-order valence-electron chi connectivity index (χ0n) is 12.7. The quantitative estimate of drug-likeness (QED) is 0.886. The first-order valence-corrected chi connectivity index (χ1v) is 7.38. The average Bonchev–Trinajstić information content (AvgIpc) is 2.46. The number of nitrogens with one attached hydrogen (secondary N) is 2. The van der Waals surface area contributed by atoms with Crippen molar-refractivity contribution in [1.82, 2.24) is 10.2 Å². The molecule has 0 aromatic heterocycles. The molecule has 2 rings (SSSR count). The highest BCUT2D eigenvalue weighted by molar-refractivity contribution is 5.94. The number of amides is 1. The van der Waals surface area contributed by atoms with Gasteiger partial charge in [-0.3, -0.25) is 4.79 Å². The van der Waals surface area contributed by atoms with Crippen molar-refractivity contribution in [2.75, 3.05) is 32.5 Å². The van der Waals surface area contributed by atoms with Crippen LogP contribution in [-0.4, -0.2) is 44.0 Å². The lowest BCUT2D eigenvalue weighted by atomic mass is 10.0. The number of anilines is 1. The molecule has 1 fully saturated rings. The van der Waals surface area contributed by atoms with E-state index in [0.717, 1.165) is 17.8 Å². The zero-order chi connectivity index (χ0) is 14.5. The maximum absolute atomic E-state index is 11.6. The Hall–Kier alpha value is -1.55. The number of carbonyl (C=O) groups excluding carboxylic acids is 1. The van der Waals surface area contributed by atoms with E-state index in [1.165, 1.54) is 25.8 Å². The SMILES string of the molecule is CNC(=O)c1ccc(NCC2CCCCN2C)c(C)c1. The van der Waals surface area contributed by atoms with Gasteiger partial charge in [0.2, 0.25) is 0 Å². The summed E-state index contributed by atoms with van der Waals surface area (Å²) in [5.41, 5.74) is 2.95. The van der Waals surface area contributed by atoms with Crippen molar-refractivity contribution in [2.24, 2.45) is 0 Å². The van der Waals surface area contributed by atoms with Crippen molar-refractivity contribution < 1.29 is 4.79 Å². The second-order valence-corrected chi connectivity index (χ2v) is 5.62. The Morgan fingerprint density at radius 1 is 1.40 bits per heavy atom. The molecular formula is C16H25N3O. The number of aryl methyl sites for hydroxylation is 1. The van der Waals surface area contributed by atoms with Gasteiger partial charge >= 0.3 is 0 Å². The van der Waals surface area contributed by atoms with Crippen LogP contribution in [0.3, 0.4) is 0 Å². The van der Waals surface area contributed by atoms with E-state index in [0.29, 0.717) is 11.6 Å². The largest absolute Gasteiger partial charge is 0.383 e. The van der Waals surface area contributed by atoms with Crippen LogP contribution < -0.4 is 10.6 Å².